The molecule has 1 rings (SSSR count). The SMILES string of the molecule is CNC1CC(OCCC(C)(C)OC)C1. The Bertz CT molecular complexity index is 165. The zero-order valence-electron chi connectivity index (χ0n) is 9.80. The van der Waals surface area contributed by atoms with Crippen LogP contribution in [0.25, 0.3) is 0 Å². The molecular formula is C11H23NO2. The first kappa shape index (κ1) is 12.0. The quantitative estimate of drug-likeness (QED) is 0.707. The van der Waals surface area contributed by atoms with Crippen LogP contribution in [0.15, 0.2) is 0 Å². The van der Waals surface area contributed by atoms with Gasteiger partial charge in [0.15, 0.2) is 0 Å². The van der Waals surface area contributed by atoms with E-state index in [4.69, 9.17) is 9.47 Å². The summed E-state index contributed by atoms with van der Waals surface area (Å²) < 4.78 is 11.0. The van der Waals surface area contributed by atoms with E-state index in [9.17, 15) is 0 Å². The molecular weight excluding hydrogens is 178 g/mol. The molecule has 1 saturated carbocycles. The lowest BCUT2D eigenvalue weighted by Crippen LogP contribution is -2.44. The first-order chi connectivity index (χ1) is 6.57. The van der Waals surface area contributed by atoms with Gasteiger partial charge in [0.25, 0.3) is 0 Å². The van der Waals surface area contributed by atoms with Crippen molar-refractivity contribution in [1.82, 2.24) is 5.32 Å². The van der Waals surface area contributed by atoms with Crippen LogP contribution in [0.1, 0.15) is 33.1 Å². The van der Waals surface area contributed by atoms with Crippen molar-refractivity contribution in [1.29, 1.82) is 0 Å². The fraction of sp³-hybridized carbons (Fsp3) is 1.00. The largest absolute Gasteiger partial charge is 0.379 e. The van der Waals surface area contributed by atoms with Crippen LogP contribution in [0.2, 0.25) is 0 Å². The number of nitrogens with one attached hydrogen (secondary N) is 1. The van der Waals surface area contributed by atoms with E-state index in [0.29, 0.717) is 12.1 Å². The van der Waals surface area contributed by atoms with Gasteiger partial charge in [0.05, 0.1) is 11.7 Å². The van der Waals surface area contributed by atoms with E-state index in [2.05, 4.69) is 19.2 Å². The van der Waals surface area contributed by atoms with Crippen molar-refractivity contribution in [3.63, 3.8) is 0 Å². The molecule has 3 heteroatoms. The number of rotatable bonds is 6. The summed E-state index contributed by atoms with van der Waals surface area (Å²) in [6, 6.07) is 0.676. The minimum atomic E-state index is -0.0494. The third kappa shape index (κ3) is 3.56. The fourth-order valence-corrected chi connectivity index (χ4v) is 1.51. The van der Waals surface area contributed by atoms with Crippen LogP contribution in [0, 0.1) is 0 Å². The summed E-state index contributed by atoms with van der Waals surface area (Å²) in [7, 11) is 3.76. The molecule has 0 saturated heterocycles. The molecule has 0 atom stereocenters. The summed E-state index contributed by atoms with van der Waals surface area (Å²) >= 11 is 0. The second-order valence-electron chi connectivity index (χ2n) is 4.66. The summed E-state index contributed by atoms with van der Waals surface area (Å²) in [5.41, 5.74) is -0.0494. The lowest BCUT2D eigenvalue weighted by atomic mass is 9.89. The van der Waals surface area contributed by atoms with Gasteiger partial charge in [0, 0.05) is 19.8 Å². The number of hydrogen-bond donors (Lipinski definition) is 1. The molecule has 0 unspecified atom stereocenters. The van der Waals surface area contributed by atoms with Crippen molar-refractivity contribution in [2.45, 2.75) is 50.9 Å². The molecule has 14 heavy (non-hydrogen) atoms. The minimum Gasteiger partial charge on any atom is -0.379 e. The third-order valence-corrected chi connectivity index (χ3v) is 3.11. The Morgan fingerprint density at radius 3 is 2.50 bits per heavy atom. The van der Waals surface area contributed by atoms with E-state index >= 15 is 0 Å². The van der Waals surface area contributed by atoms with Crippen molar-refractivity contribution < 1.29 is 9.47 Å². The van der Waals surface area contributed by atoms with Gasteiger partial charge >= 0.3 is 0 Å². The van der Waals surface area contributed by atoms with Gasteiger partial charge in [-0.1, -0.05) is 0 Å². The molecule has 0 bridgehead atoms. The Kier molecular flexibility index (Phi) is 4.35. The zero-order chi connectivity index (χ0) is 10.6. The molecule has 1 aliphatic rings. The first-order valence-electron chi connectivity index (χ1n) is 5.41. The molecule has 0 amide bonds. The van der Waals surface area contributed by atoms with Crippen LogP contribution in [0.3, 0.4) is 0 Å². The van der Waals surface area contributed by atoms with Crippen LogP contribution in [0.5, 0.6) is 0 Å². The smallest absolute Gasteiger partial charge is 0.0644 e. The molecule has 0 radical (unpaired) electrons. The maximum absolute atomic E-state index is 5.73. The van der Waals surface area contributed by atoms with Gasteiger partial charge in [-0.3, -0.25) is 0 Å². The van der Waals surface area contributed by atoms with E-state index in [1.807, 2.05) is 7.05 Å². The highest BCUT2D eigenvalue weighted by molar-refractivity contribution is 4.85. The third-order valence-electron chi connectivity index (χ3n) is 3.11. The lowest BCUT2D eigenvalue weighted by Gasteiger charge is -2.35. The second kappa shape index (κ2) is 5.10. The molecule has 3 nitrogen and oxygen atoms in total. The molecule has 1 fully saturated rings. The van der Waals surface area contributed by atoms with Crippen LogP contribution in [-0.4, -0.2) is 38.5 Å². The normalized spacial score (nSPS) is 27.4. The van der Waals surface area contributed by atoms with E-state index in [1.54, 1.807) is 7.11 Å². The van der Waals surface area contributed by atoms with Gasteiger partial charge in [-0.15, -0.1) is 0 Å². The van der Waals surface area contributed by atoms with Crippen molar-refractivity contribution in [2.75, 3.05) is 20.8 Å². The van der Waals surface area contributed by atoms with Gasteiger partial charge in [-0.25, -0.2) is 0 Å². The van der Waals surface area contributed by atoms with Crippen LogP contribution < -0.4 is 5.32 Å². The summed E-state index contributed by atoms with van der Waals surface area (Å²) in [5, 5.41) is 3.24. The summed E-state index contributed by atoms with van der Waals surface area (Å²) in [6.45, 7) is 4.99. The molecule has 0 aromatic heterocycles. The highest BCUT2D eigenvalue weighted by atomic mass is 16.5. The van der Waals surface area contributed by atoms with E-state index < -0.39 is 0 Å². The second-order valence-corrected chi connectivity index (χ2v) is 4.66. The molecule has 1 N–H and O–H groups in total. The molecule has 1 aliphatic carbocycles. The van der Waals surface area contributed by atoms with Gasteiger partial charge in [0.2, 0.25) is 0 Å². The predicted octanol–water partition coefficient (Wildman–Crippen LogP) is 1.57. The Morgan fingerprint density at radius 2 is 2.00 bits per heavy atom. The number of ether oxygens (including phenoxy) is 2. The van der Waals surface area contributed by atoms with Crippen molar-refractivity contribution in [3.05, 3.63) is 0 Å². The maximum atomic E-state index is 5.73. The summed E-state index contributed by atoms with van der Waals surface area (Å²) in [5.74, 6) is 0. The monoisotopic (exact) mass is 201 g/mol. The fourth-order valence-electron chi connectivity index (χ4n) is 1.51. The minimum absolute atomic E-state index is 0.0494. The molecule has 0 aromatic carbocycles. The van der Waals surface area contributed by atoms with Crippen LogP contribution in [0.4, 0.5) is 0 Å². The van der Waals surface area contributed by atoms with E-state index in [0.717, 1.165) is 25.9 Å². The van der Waals surface area contributed by atoms with E-state index in [-0.39, 0.29) is 5.60 Å². The highest BCUT2D eigenvalue weighted by Crippen LogP contribution is 2.24. The van der Waals surface area contributed by atoms with Gasteiger partial charge < -0.3 is 14.8 Å². The molecule has 0 heterocycles. The Morgan fingerprint density at radius 1 is 1.36 bits per heavy atom. The van der Waals surface area contributed by atoms with Crippen LogP contribution >= 0.6 is 0 Å². The van der Waals surface area contributed by atoms with Crippen molar-refractivity contribution >= 4 is 0 Å². The Hall–Kier alpha value is -0.120. The molecule has 0 aromatic rings. The Labute approximate surface area is 87.2 Å². The average Bonchev–Trinajstić information content (AvgIpc) is 2.09. The van der Waals surface area contributed by atoms with Crippen molar-refractivity contribution in [3.8, 4) is 0 Å². The summed E-state index contributed by atoms with van der Waals surface area (Å²) in [6.07, 6.45) is 3.75. The first-order valence-corrected chi connectivity index (χ1v) is 5.41. The highest BCUT2D eigenvalue weighted by Gasteiger charge is 2.28. The van der Waals surface area contributed by atoms with E-state index in [1.165, 1.54) is 0 Å². The standard InChI is InChI=1S/C11H23NO2/c1-11(2,13-4)5-6-14-10-7-9(8-10)12-3/h9-10,12H,5-8H2,1-4H3. The Balaban J connectivity index is 2.00. The molecule has 0 spiro atoms. The molecule has 0 aliphatic heterocycles. The topological polar surface area (TPSA) is 30.5 Å². The predicted molar refractivity (Wildman–Crippen MR) is 57.5 cm³/mol. The van der Waals surface area contributed by atoms with Gasteiger partial charge in [-0.2, -0.15) is 0 Å². The number of hydrogen-bond acceptors (Lipinski definition) is 3. The molecule has 84 valence electrons. The van der Waals surface area contributed by atoms with Crippen molar-refractivity contribution in [2.24, 2.45) is 0 Å². The summed E-state index contributed by atoms with van der Waals surface area (Å²) in [4.78, 5) is 0. The van der Waals surface area contributed by atoms with Gasteiger partial charge in [0.1, 0.15) is 0 Å². The maximum Gasteiger partial charge on any atom is 0.0644 e. The lowest BCUT2D eigenvalue weighted by molar-refractivity contribution is -0.0532. The van der Waals surface area contributed by atoms with Crippen LogP contribution in [-0.2, 0) is 9.47 Å². The van der Waals surface area contributed by atoms with Gasteiger partial charge in [-0.05, 0) is 40.2 Å². The zero-order valence-corrected chi connectivity index (χ0v) is 9.80. The average molecular weight is 201 g/mol. The number of methoxy groups -OCH3 is 1.